The monoisotopic (exact) mass is 203 g/mol. The van der Waals surface area contributed by atoms with Gasteiger partial charge in [-0.15, -0.1) is 0 Å². The number of benzene rings is 2. The summed E-state index contributed by atoms with van der Waals surface area (Å²) >= 11 is 0. The zero-order chi connectivity index (χ0) is 10.7. The first kappa shape index (κ1) is 9.84. The predicted molar refractivity (Wildman–Crippen MR) is 55.3 cm³/mol. The van der Waals surface area contributed by atoms with E-state index in [9.17, 15) is 8.78 Å². The maximum Gasteiger partial charge on any atom is 0.123 e. The van der Waals surface area contributed by atoms with Crippen molar-refractivity contribution in [2.24, 2.45) is 0 Å². The van der Waals surface area contributed by atoms with Crippen molar-refractivity contribution in [3.63, 3.8) is 0 Å². The van der Waals surface area contributed by atoms with Crippen LogP contribution < -0.4 is 0 Å². The zero-order valence-electron chi connectivity index (χ0n) is 7.95. The molecule has 0 bridgehead atoms. The molecule has 0 N–H and O–H groups in total. The molecule has 0 saturated heterocycles. The van der Waals surface area contributed by atoms with E-state index in [1.807, 2.05) is 0 Å². The Morgan fingerprint density at radius 3 is 2.13 bits per heavy atom. The highest BCUT2D eigenvalue weighted by Crippen LogP contribution is 2.13. The molecule has 0 heterocycles. The Kier molecular flexibility index (Phi) is 2.77. The first-order valence-electron chi connectivity index (χ1n) is 4.60. The normalized spacial score (nSPS) is 10.3. The van der Waals surface area contributed by atoms with Crippen molar-refractivity contribution in [1.29, 1.82) is 0 Å². The average Bonchev–Trinajstić information content (AvgIpc) is 2.22. The second-order valence-electron chi connectivity index (χ2n) is 3.25. The van der Waals surface area contributed by atoms with Gasteiger partial charge < -0.3 is 0 Å². The zero-order valence-corrected chi connectivity index (χ0v) is 7.95. The molecule has 2 heteroatoms. The molecule has 2 rings (SSSR count). The molecule has 75 valence electrons. The van der Waals surface area contributed by atoms with Gasteiger partial charge in [0.05, 0.1) is 0 Å². The smallest absolute Gasteiger partial charge is 0.123 e. The molecule has 0 aliphatic heterocycles. The molecule has 0 unspecified atom stereocenters. The van der Waals surface area contributed by atoms with Crippen LogP contribution in [0.1, 0.15) is 11.1 Å². The quantitative estimate of drug-likeness (QED) is 0.700. The molecular formula is C13H9F2. The minimum absolute atomic E-state index is 0.272. The first-order chi connectivity index (χ1) is 7.24. The third-order valence-electron chi connectivity index (χ3n) is 2.05. The van der Waals surface area contributed by atoms with Gasteiger partial charge in [-0.3, -0.25) is 0 Å². The molecule has 0 amide bonds. The summed E-state index contributed by atoms with van der Waals surface area (Å²) in [5, 5.41) is 0. The number of halogens is 2. The fourth-order valence-corrected chi connectivity index (χ4v) is 1.35. The molecule has 0 aliphatic carbocycles. The maximum absolute atomic E-state index is 12.9. The van der Waals surface area contributed by atoms with Crippen molar-refractivity contribution >= 4 is 0 Å². The van der Waals surface area contributed by atoms with Crippen LogP contribution in [0.15, 0.2) is 48.5 Å². The number of hydrogen-bond acceptors (Lipinski definition) is 0. The molecule has 0 nitrogen and oxygen atoms in total. The Bertz CT molecular complexity index is 446. The van der Waals surface area contributed by atoms with E-state index in [0.29, 0.717) is 0 Å². The van der Waals surface area contributed by atoms with Gasteiger partial charge in [-0.1, -0.05) is 24.3 Å². The van der Waals surface area contributed by atoms with E-state index < -0.39 is 0 Å². The van der Waals surface area contributed by atoms with Gasteiger partial charge in [-0.05, 0) is 35.4 Å². The SMILES string of the molecule is Fc1ccc([CH]c2cccc(F)c2)cc1. The predicted octanol–water partition coefficient (Wildman–Crippen LogP) is 3.57. The highest BCUT2D eigenvalue weighted by molar-refractivity contribution is 5.36. The summed E-state index contributed by atoms with van der Waals surface area (Å²) in [6.45, 7) is 0. The van der Waals surface area contributed by atoms with Gasteiger partial charge in [0, 0.05) is 6.42 Å². The Hall–Kier alpha value is -1.70. The van der Waals surface area contributed by atoms with Crippen LogP contribution >= 0.6 is 0 Å². The Morgan fingerprint density at radius 2 is 1.47 bits per heavy atom. The van der Waals surface area contributed by atoms with Crippen LogP contribution in [-0.4, -0.2) is 0 Å². The summed E-state index contributed by atoms with van der Waals surface area (Å²) < 4.78 is 25.5. The van der Waals surface area contributed by atoms with Crippen molar-refractivity contribution in [2.75, 3.05) is 0 Å². The van der Waals surface area contributed by atoms with Crippen LogP contribution in [0.2, 0.25) is 0 Å². The van der Waals surface area contributed by atoms with Crippen molar-refractivity contribution < 1.29 is 8.78 Å². The molecule has 1 radical (unpaired) electrons. The minimum Gasteiger partial charge on any atom is -0.207 e. The summed E-state index contributed by atoms with van der Waals surface area (Å²) in [4.78, 5) is 0. The van der Waals surface area contributed by atoms with E-state index in [2.05, 4.69) is 0 Å². The molecule has 0 aromatic heterocycles. The van der Waals surface area contributed by atoms with E-state index >= 15 is 0 Å². The van der Waals surface area contributed by atoms with Gasteiger partial charge in [0.25, 0.3) is 0 Å². The van der Waals surface area contributed by atoms with Crippen LogP contribution in [0.25, 0.3) is 0 Å². The highest BCUT2D eigenvalue weighted by Gasteiger charge is 1.98. The second kappa shape index (κ2) is 4.22. The summed E-state index contributed by atoms with van der Waals surface area (Å²) in [7, 11) is 0. The molecule has 2 aromatic rings. The van der Waals surface area contributed by atoms with Crippen molar-refractivity contribution in [3.05, 3.63) is 77.7 Å². The van der Waals surface area contributed by atoms with Crippen LogP contribution in [0.5, 0.6) is 0 Å². The van der Waals surface area contributed by atoms with Crippen LogP contribution in [0.4, 0.5) is 8.78 Å². The third-order valence-corrected chi connectivity index (χ3v) is 2.05. The fraction of sp³-hybridized carbons (Fsp3) is 0. The topological polar surface area (TPSA) is 0 Å². The lowest BCUT2D eigenvalue weighted by molar-refractivity contribution is 0.626. The molecule has 0 fully saturated rings. The van der Waals surface area contributed by atoms with Gasteiger partial charge >= 0.3 is 0 Å². The Balaban J connectivity index is 2.18. The Morgan fingerprint density at radius 1 is 0.733 bits per heavy atom. The van der Waals surface area contributed by atoms with Gasteiger partial charge in [0.2, 0.25) is 0 Å². The van der Waals surface area contributed by atoms with Crippen molar-refractivity contribution in [1.82, 2.24) is 0 Å². The lowest BCUT2D eigenvalue weighted by Crippen LogP contribution is -1.86. The summed E-state index contributed by atoms with van der Waals surface area (Å²) in [5.74, 6) is -0.544. The number of hydrogen-bond donors (Lipinski definition) is 0. The lowest BCUT2D eigenvalue weighted by atomic mass is 10.1. The van der Waals surface area contributed by atoms with Gasteiger partial charge in [0.1, 0.15) is 11.6 Å². The minimum atomic E-state index is -0.272. The summed E-state index contributed by atoms with van der Waals surface area (Å²) in [5.41, 5.74) is 1.61. The van der Waals surface area contributed by atoms with Gasteiger partial charge in [0.15, 0.2) is 0 Å². The number of rotatable bonds is 2. The average molecular weight is 203 g/mol. The lowest BCUT2D eigenvalue weighted by Gasteiger charge is -2.01. The van der Waals surface area contributed by atoms with Crippen LogP contribution in [0.3, 0.4) is 0 Å². The van der Waals surface area contributed by atoms with Crippen LogP contribution in [0, 0.1) is 18.1 Å². The molecule has 15 heavy (non-hydrogen) atoms. The van der Waals surface area contributed by atoms with Gasteiger partial charge in [-0.25, -0.2) is 8.78 Å². The van der Waals surface area contributed by atoms with Crippen LogP contribution in [-0.2, 0) is 0 Å². The molecule has 2 aromatic carbocycles. The fourth-order valence-electron chi connectivity index (χ4n) is 1.35. The highest BCUT2D eigenvalue weighted by atomic mass is 19.1. The largest absolute Gasteiger partial charge is 0.207 e. The van der Waals surface area contributed by atoms with E-state index in [1.165, 1.54) is 24.3 Å². The van der Waals surface area contributed by atoms with Gasteiger partial charge in [-0.2, -0.15) is 0 Å². The summed E-state index contributed by atoms with van der Waals surface area (Å²) in [6.07, 6.45) is 1.79. The summed E-state index contributed by atoms with van der Waals surface area (Å²) in [6, 6.07) is 12.3. The molecule has 0 atom stereocenters. The van der Waals surface area contributed by atoms with E-state index in [4.69, 9.17) is 0 Å². The maximum atomic E-state index is 12.9. The third kappa shape index (κ3) is 2.62. The second-order valence-corrected chi connectivity index (χ2v) is 3.25. The standard InChI is InChI=1S/C13H9F2/c14-12-6-4-10(5-7-12)8-11-2-1-3-13(15)9-11/h1-9H. The molecule has 0 aliphatic rings. The Labute approximate surface area is 87.2 Å². The van der Waals surface area contributed by atoms with E-state index in [0.717, 1.165) is 11.1 Å². The van der Waals surface area contributed by atoms with E-state index in [1.54, 1.807) is 30.7 Å². The molecular weight excluding hydrogens is 194 g/mol. The van der Waals surface area contributed by atoms with E-state index in [-0.39, 0.29) is 11.6 Å². The van der Waals surface area contributed by atoms with Crippen molar-refractivity contribution in [3.8, 4) is 0 Å². The molecule has 0 saturated carbocycles. The van der Waals surface area contributed by atoms with Crippen molar-refractivity contribution in [2.45, 2.75) is 0 Å². The molecule has 0 spiro atoms. The first-order valence-corrected chi connectivity index (χ1v) is 4.60.